The van der Waals surface area contributed by atoms with Crippen molar-refractivity contribution >= 4 is 28.8 Å². The maximum Gasteiger partial charge on any atom is 0.344 e. The fourth-order valence-electron chi connectivity index (χ4n) is 3.40. The molecule has 0 bridgehead atoms. The third-order valence-corrected chi connectivity index (χ3v) is 5.59. The van der Waals surface area contributed by atoms with Gasteiger partial charge in [0.25, 0.3) is 5.91 Å². The van der Waals surface area contributed by atoms with Crippen molar-refractivity contribution < 1.29 is 23.9 Å². The van der Waals surface area contributed by atoms with Crippen LogP contribution in [-0.4, -0.2) is 35.0 Å². The fourth-order valence-corrected chi connectivity index (χ4v) is 3.40. The second kappa shape index (κ2) is 10.1. The lowest BCUT2D eigenvalue weighted by molar-refractivity contribution is -0.143. The minimum Gasteiger partial charge on any atom is -0.480 e. The lowest BCUT2D eigenvalue weighted by atomic mass is 9.99. The van der Waals surface area contributed by atoms with Crippen LogP contribution in [-0.2, 0) is 9.59 Å². The summed E-state index contributed by atoms with van der Waals surface area (Å²) in [6.45, 7) is 5.04. The Kier molecular flexibility index (Phi) is 7.27. The molecule has 0 radical (unpaired) electrons. The van der Waals surface area contributed by atoms with Gasteiger partial charge in [0, 0.05) is 10.9 Å². The van der Waals surface area contributed by atoms with Crippen LogP contribution >= 0.6 is 0 Å². The van der Waals surface area contributed by atoms with E-state index in [-0.39, 0.29) is 11.5 Å². The summed E-state index contributed by atoms with van der Waals surface area (Å²) in [7, 11) is 0. The van der Waals surface area contributed by atoms with E-state index in [1.807, 2.05) is 19.1 Å². The highest BCUT2D eigenvalue weighted by atomic mass is 16.4. The van der Waals surface area contributed by atoms with E-state index in [1.54, 1.807) is 49.4 Å². The Morgan fingerprint density at radius 1 is 1.00 bits per heavy atom. The number of aliphatic carboxylic acids is 1. The summed E-state index contributed by atoms with van der Waals surface area (Å²) < 4.78 is 5.37. The highest BCUT2D eigenvalue weighted by molar-refractivity contribution is 5.99. The Balaban J connectivity index is 1.77. The molecule has 3 aromatic rings. The van der Waals surface area contributed by atoms with Gasteiger partial charge in [-0.25, -0.2) is 9.59 Å². The summed E-state index contributed by atoms with van der Waals surface area (Å²) >= 11 is 0. The summed E-state index contributed by atoms with van der Waals surface area (Å²) in [6.07, 6.45) is 0.577. The van der Waals surface area contributed by atoms with Gasteiger partial charge in [0.1, 0.15) is 17.7 Å². The smallest absolute Gasteiger partial charge is 0.344 e. The number of nitrogens with one attached hydrogen (secondary N) is 2. The maximum absolute atomic E-state index is 12.7. The van der Waals surface area contributed by atoms with Gasteiger partial charge in [0.05, 0.1) is 5.56 Å². The van der Waals surface area contributed by atoms with Gasteiger partial charge in [-0.05, 0) is 42.7 Å². The van der Waals surface area contributed by atoms with Gasteiger partial charge in [-0.1, -0.05) is 50.6 Å². The number of fused-ring (bicyclic) bond motifs is 1. The summed E-state index contributed by atoms with van der Waals surface area (Å²) in [5.74, 6) is -2.51. The molecule has 0 aliphatic rings. The molecule has 172 valence electrons. The molecule has 3 atom stereocenters. The van der Waals surface area contributed by atoms with Gasteiger partial charge in [-0.3, -0.25) is 9.59 Å². The Hall–Kier alpha value is -3.94. The third kappa shape index (κ3) is 5.46. The first kappa shape index (κ1) is 23.7. The van der Waals surface area contributed by atoms with Crippen molar-refractivity contribution in [2.45, 2.75) is 39.3 Å². The first-order valence-electron chi connectivity index (χ1n) is 10.7. The molecule has 0 saturated carbocycles. The summed E-state index contributed by atoms with van der Waals surface area (Å²) in [4.78, 5) is 49.1. The van der Waals surface area contributed by atoms with Crippen LogP contribution in [0.15, 0.2) is 63.8 Å². The van der Waals surface area contributed by atoms with Crippen LogP contribution in [0.5, 0.6) is 0 Å². The topological polar surface area (TPSA) is 126 Å². The van der Waals surface area contributed by atoms with Crippen LogP contribution in [0, 0.1) is 5.92 Å². The molecular formula is C25H26N2O6. The molecule has 2 aromatic carbocycles. The van der Waals surface area contributed by atoms with E-state index < -0.39 is 35.5 Å². The molecule has 3 rings (SSSR count). The molecule has 0 fully saturated rings. The summed E-state index contributed by atoms with van der Waals surface area (Å²) in [5.41, 5.74) is 1.01. The predicted octanol–water partition coefficient (Wildman–Crippen LogP) is 3.19. The second-order valence-corrected chi connectivity index (χ2v) is 7.97. The van der Waals surface area contributed by atoms with Crippen LogP contribution < -0.4 is 16.3 Å². The van der Waals surface area contributed by atoms with E-state index in [1.165, 1.54) is 6.92 Å². The SMILES string of the molecule is CCC(C)C(NC(=O)C(C)NC(=O)c1cccc(-c2cc3ccccc3oc2=O)c1)C(=O)O. The predicted molar refractivity (Wildman–Crippen MR) is 124 cm³/mol. The molecule has 33 heavy (non-hydrogen) atoms. The molecule has 2 amide bonds. The molecule has 8 heteroatoms. The van der Waals surface area contributed by atoms with E-state index in [4.69, 9.17) is 4.42 Å². The minimum absolute atomic E-state index is 0.247. The number of carboxylic acids is 1. The Morgan fingerprint density at radius 3 is 2.42 bits per heavy atom. The van der Waals surface area contributed by atoms with Crippen LogP contribution in [0.25, 0.3) is 22.1 Å². The van der Waals surface area contributed by atoms with Crippen LogP contribution in [0.4, 0.5) is 0 Å². The van der Waals surface area contributed by atoms with Crippen molar-refractivity contribution in [2.24, 2.45) is 5.92 Å². The zero-order valence-electron chi connectivity index (χ0n) is 18.6. The monoisotopic (exact) mass is 450 g/mol. The Morgan fingerprint density at radius 2 is 1.73 bits per heavy atom. The molecular weight excluding hydrogens is 424 g/mol. The zero-order chi connectivity index (χ0) is 24.1. The third-order valence-electron chi connectivity index (χ3n) is 5.59. The van der Waals surface area contributed by atoms with Gasteiger partial charge in [-0.15, -0.1) is 0 Å². The average molecular weight is 450 g/mol. The standard InChI is InChI=1S/C25H26N2O6/c1-4-14(2)21(24(30)31)27-22(28)15(3)26-23(29)18-10-7-9-16(12-18)19-13-17-8-5-6-11-20(17)33-25(19)32/h5-15,21H,4H2,1-3H3,(H,26,29)(H,27,28)(H,30,31). The van der Waals surface area contributed by atoms with Crippen molar-refractivity contribution in [2.75, 3.05) is 0 Å². The largest absolute Gasteiger partial charge is 0.480 e. The van der Waals surface area contributed by atoms with Gasteiger partial charge < -0.3 is 20.2 Å². The van der Waals surface area contributed by atoms with E-state index in [0.717, 1.165) is 5.39 Å². The molecule has 1 aromatic heterocycles. The van der Waals surface area contributed by atoms with E-state index in [9.17, 15) is 24.3 Å². The highest BCUT2D eigenvalue weighted by Crippen LogP contribution is 2.22. The molecule has 8 nitrogen and oxygen atoms in total. The highest BCUT2D eigenvalue weighted by Gasteiger charge is 2.28. The van der Waals surface area contributed by atoms with Crippen molar-refractivity contribution in [3.05, 3.63) is 70.6 Å². The number of benzene rings is 2. The van der Waals surface area contributed by atoms with E-state index >= 15 is 0 Å². The number of hydrogen-bond acceptors (Lipinski definition) is 5. The van der Waals surface area contributed by atoms with Crippen LogP contribution in [0.3, 0.4) is 0 Å². The number of carbonyl (C=O) groups excluding carboxylic acids is 2. The molecule has 0 aliphatic heterocycles. The zero-order valence-corrected chi connectivity index (χ0v) is 18.6. The molecule has 3 unspecified atom stereocenters. The Labute approximate surface area is 190 Å². The van der Waals surface area contributed by atoms with E-state index in [2.05, 4.69) is 10.6 Å². The van der Waals surface area contributed by atoms with E-state index in [0.29, 0.717) is 23.1 Å². The fraction of sp³-hybridized carbons (Fsp3) is 0.280. The normalized spacial score (nSPS) is 13.7. The van der Waals surface area contributed by atoms with Gasteiger partial charge in [-0.2, -0.15) is 0 Å². The number of amides is 2. The first-order chi connectivity index (χ1) is 15.7. The number of carbonyl (C=O) groups is 3. The lowest BCUT2D eigenvalue weighted by Crippen LogP contribution is -2.52. The number of carboxylic acid groups (broad SMARTS) is 1. The summed E-state index contributed by atoms with van der Waals surface area (Å²) in [5, 5.41) is 15.2. The van der Waals surface area contributed by atoms with Gasteiger partial charge in [0.15, 0.2) is 0 Å². The molecule has 0 aliphatic carbocycles. The minimum atomic E-state index is -1.13. The Bertz CT molecular complexity index is 1250. The first-order valence-corrected chi connectivity index (χ1v) is 10.7. The van der Waals surface area contributed by atoms with Gasteiger partial charge in [0.2, 0.25) is 5.91 Å². The summed E-state index contributed by atoms with van der Waals surface area (Å²) in [6, 6.07) is 13.3. The molecule has 1 heterocycles. The van der Waals surface area contributed by atoms with Crippen LogP contribution in [0.2, 0.25) is 0 Å². The quantitative estimate of drug-likeness (QED) is 0.453. The van der Waals surface area contributed by atoms with Gasteiger partial charge >= 0.3 is 11.6 Å². The van der Waals surface area contributed by atoms with Crippen LogP contribution in [0.1, 0.15) is 37.6 Å². The van der Waals surface area contributed by atoms with Crippen molar-refractivity contribution in [1.29, 1.82) is 0 Å². The second-order valence-electron chi connectivity index (χ2n) is 7.97. The average Bonchev–Trinajstić information content (AvgIpc) is 2.81. The molecule has 3 N–H and O–H groups in total. The molecule has 0 spiro atoms. The molecule has 0 saturated heterocycles. The number of rotatable bonds is 8. The van der Waals surface area contributed by atoms with Crippen molar-refractivity contribution in [3.8, 4) is 11.1 Å². The maximum atomic E-state index is 12.7. The number of hydrogen-bond donors (Lipinski definition) is 3. The number of para-hydroxylation sites is 1. The van der Waals surface area contributed by atoms with Crippen molar-refractivity contribution in [1.82, 2.24) is 10.6 Å². The van der Waals surface area contributed by atoms with Crippen molar-refractivity contribution in [3.63, 3.8) is 0 Å². The lowest BCUT2D eigenvalue weighted by Gasteiger charge is -2.22.